The Morgan fingerprint density at radius 3 is 0.488 bits per heavy atom. The minimum atomic E-state index is -0.762. The van der Waals surface area contributed by atoms with E-state index in [1.165, 1.54) is 353 Å². The molecule has 0 saturated carbocycles. The maximum absolute atomic E-state index is 12.9. The fourth-order valence-corrected chi connectivity index (χ4v) is 12.2. The van der Waals surface area contributed by atoms with Gasteiger partial charge in [0, 0.05) is 19.3 Å². The molecular formula is C76H148O6. The Balaban J connectivity index is 3.94. The van der Waals surface area contributed by atoms with E-state index in [0.717, 1.165) is 57.8 Å². The van der Waals surface area contributed by atoms with Crippen molar-refractivity contribution < 1.29 is 28.6 Å². The molecule has 6 heteroatoms. The highest BCUT2D eigenvalue weighted by Crippen LogP contribution is 2.20. The van der Waals surface area contributed by atoms with Gasteiger partial charge in [-0.3, -0.25) is 14.4 Å². The second-order valence-corrected chi connectivity index (χ2v) is 26.3. The Labute approximate surface area is 514 Å². The van der Waals surface area contributed by atoms with Crippen molar-refractivity contribution in [3.8, 4) is 0 Å². The highest BCUT2D eigenvalue weighted by Gasteiger charge is 2.20. The summed E-state index contributed by atoms with van der Waals surface area (Å²) >= 11 is 0. The lowest BCUT2D eigenvalue weighted by Gasteiger charge is -2.18. The van der Waals surface area contributed by atoms with Gasteiger partial charge in [0.2, 0.25) is 0 Å². The number of hydrogen-bond donors (Lipinski definition) is 0. The highest BCUT2D eigenvalue weighted by atomic mass is 16.6. The number of unbranched alkanes of at least 4 members (excludes halogenated alkanes) is 61. The third-order valence-electron chi connectivity index (χ3n) is 17.9. The predicted octanol–water partition coefficient (Wildman–Crippen LogP) is 26.2. The van der Waals surface area contributed by atoms with Crippen molar-refractivity contribution in [2.45, 2.75) is 457 Å². The number of hydrogen-bond acceptors (Lipinski definition) is 6. The molecule has 0 fully saturated rings. The lowest BCUT2D eigenvalue weighted by molar-refractivity contribution is -0.167. The summed E-state index contributed by atoms with van der Waals surface area (Å²) in [4.78, 5) is 38.2. The molecule has 0 aromatic rings. The first kappa shape index (κ1) is 80.4. The SMILES string of the molecule is CCCCCCCCCCCCCCCCCCCCCCCCCCCCCCCCCC(=O)OCC(COC(=O)CCCCCCCCC)OC(=O)CCCCCCCCCCCCCCCCCCCCCCCCCCCC. The summed E-state index contributed by atoms with van der Waals surface area (Å²) in [5.74, 6) is -0.830. The molecule has 0 N–H and O–H groups in total. The molecule has 0 spiro atoms. The molecule has 0 aliphatic rings. The molecule has 0 aliphatic carbocycles. The van der Waals surface area contributed by atoms with E-state index in [2.05, 4.69) is 20.8 Å². The van der Waals surface area contributed by atoms with Gasteiger partial charge in [0.05, 0.1) is 0 Å². The molecule has 0 saturated heterocycles. The van der Waals surface area contributed by atoms with Crippen LogP contribution < -0.4 is 0 Å². The van der Waals surface area contributed by atoms with Crippen LogP contribution in [0.15, 0.2) is 0 Å². The lowest BCUT2D eigenvalue weighted by atomic mass is 10.0. The molecule has 6 nitrogen and oxygen atoms in total. The third kappa shape index (κ3) is 69.2. The second kappa shape index (κ2) is 71.9. The van der Waals surface area contributed by atoms with Crippen molar-refractivity contribution in [1.29, 1.82) is 0 Å². The summed E-state index contributed by atoms with van der Waals surface area (Å²) in [6.45, 7) is 6.70. The van der Waals surface area contributed by atoms with Gasteiger partial charge in [0.1, 0.15) is 13.2 Å². The highest BCUT2D eigenvalue weighted by molar-refractivity contribution is 5.71. The van der Waals surface area contributed by atoms with Crippen molar-refractivity contribution in [2.75, 3.05) is 13.2 Å². The molecule has 0 rings (SSSR count). The van der Waals surface area contributed by atoms with Crippen LogP contribution in [0.2, 0.25) is 0 Å². The summed E-state index contributed by atoms with van der Waals surface area (Å²) < 4.78 is 16.9. The molecule has 1 unspecified atom stereocenters. The van der Waals surface area contributed by atoms with E-state index >= 15 is 0 Å². The van der Waals surface area contributed by atoms with E-state index in [0.29, 0.717) is 19.3 Å². The van der Waals surface area contributed by atoms with Crippen LogP contribution in [0.1, 0.15) is 451 Å². The van der Waals surface area contributed by atoms with Gasteiger partial charge in [-0.15, -0.1) is 0 Å². The standard InChI is InChI=1S/C76H148O6/c1-4-7-10-13-16-18-20-22-24-26-28-30-32-34-36-37-38-39-40-42-43-45-47-49-51-53-55-57-60-63-66-69-75(78)81-72-73(71-80-74(77)68-65-62-59-15-12-9-6-3)82-76(79)70-67-64-61-58-56-54-52-50-48-46-44-41-35-33-31-29-27-25-23-21-19-17-14-11-8-5-2/h73H,4-72H2,1-3H3. The fraction of sp³-hybridized carbons (Fsp3) is 0.961. The van der Waals surface area contributed by atoms with Gasteiger partial charge in [-0.2, -0.15) is 0 Å². The van der Waals surface area contributed by atoms with Crippen molar-refractivity contribution in [3.05, 3.63) is 0 Å². The fourth-order valence-electron chi connectivity index (χ4n) is 12.2. The minimum absolute atomic E-state index is 0.0611. The van der Waals surface area contributed by atoms with Crippen LogP contribution in [-0.4, -0.2) is 37.2 Å². The van der Waals surface area contributed by atoms with Gasteiger partial charge in [-0.05, 0) is 19.3 Å². The maximum Gasteiger partial charge on any atom is 0.306 e. The maximum atomic E-state index is 12.9. The number of ether oxygens (including phenoxy) is 3. The zero-order valence-electron chi connectivity index (χ0n) is 56.3. The summed E-state index contributed by atoms with van der Waals surface area (Å²) in [5, 5.41) is 0. The first-order valence-electron chi connectivity index (χ1n) is 38.0. The van der Waals surface area contributed by atoms with E-state index in [1.54, 1.807) is 0 Å². The summed E-state index contributed by atoms with van der Waals surface area (Å²) in [7, 11) is 0. The first-order valence-corrected chi connectivity index (χ1v) is 38.0. The Bertz CT molecular complexity index is 1240. The molecule has 0 bridgehead atoms. The van der Waals surface area contributed by atoms with Crippen molar-refractivity contribution in [1.82, 2.24) is 0 Å². The lowest BCUT2D eigenvalue weighted by Crippen LogP contribution is -2.30. The van der Waals surface area contributed by atoms with Gasteiger partial charge in [0.15, 0.2) is 6.10 Å². The largest absolute Gasteiger partial charge is 0.462 e. The van der Waals surface area contributed by atoms with Gasteiger partial charge in [0.25, 0.3) is 0 Å². The number of esters is 3. The van der Waals surface area contributed by atoms with Gasteiger partial charge in [-0.25, -0.2) is 0 Å². The zero-order valence-corrected chi connectivity index (χ0v) is 56.3. The van der Waals surface area contributed by atoms with Crippen LogP contribution in [0.25, 0.3) is 0 Å². The van der Waals surface area contributed by atoms with Crippen LogP contribution in [0.5, 0.6) is 0 Å². The molecule has 0 radical (unpaired) electrons. The second-order valence-electron chi connectivity index (χ2n) is 26.3. The van der Waals surface area contributed by atoms with Crippen molar-refractivity contribution in [3.63, 3.8) is 0 Å². The minimum Gasteiger partial charge on any atom is -0.462 e. The van der Waals surface area contributed by atoms with E-state index in [-0.39, 0.29) is 31.1 Å². The van der Waals surface area contributed by atoms with Crippen LogP contribution in [0.3, 0.4) is 0 Å². The summed E-state index contributed by atoms with van der Waals surface area (Å²) in [5.41, 5.74) is 0. The van der Waals surface area contributed by atoms with E-state index in [4.69, 9.17) is 14.2 Å². The monoisotopic (exact) mass is 1160 g/mol. The molecule has 1 atom stereocenters. The van der Waals surface area contributed by atoms with Gasteiger partial charge < -0.3 is 14.2 Å². The quantitative estimate of drug-likeness (QED) is 0.0343. The number of rotatable bonds is 72. The average Bonchev–Trinajstić information content (AvgIpc) is 3.48. The molecule has 82 heavy (non-hydrogen) atoms. The number of carbonyl (C=O) groups is 3. The third-order valence-corrected chi connectivity index (χ3v) is 17.9. The van der Waals surface area contributed by atoms with Gasteiger partial charge in [-0.1, -0.05) is 412 Å². The summed E-state index contributed by atoms with van der Waals surface area (Å²) in [6.07, 6.45) is 86.3. The predicted molar refractivity (Wildman–Crippen MR) is 358 cm³/mol. The number of carbonyl (C=O) groups excluding carboxylic acids is 3. The van der Waals surface area contributed by atoms with Crippen molar-refractivity contribution >= 4 is 17.9 Å². The van der Waals surface area contributed by atoms with Crippen molar-refractivity contribution in [2.24, 2.45) is 0 Å². The molecule has 488 valence electrons. The Hall–Kier alpha value is -1.59. The Morgan fingerprint density at radius 1 is 0.195 bits per heavy atom. The smallest absolute Gasteiger partial charge is 0.306 e. The van der Waals surface area contributed by atoms with E-state index in [1.807, 2.05) is 0 Å². The summed E-state index contributed by atoms with van der Waals surface area (Å²) in [6, 6.07) is 0. The van der Waals surface area contributed by atoms with Crippen LogP contribution in [-0.2, 0) is 28.6 Å². The molecule has 0 aromatic heterocycles. The van der Waals surface area contributed by atoms with Crippen LogP contribution >= 0.6 is 0 Å². The molecule has 0 aromatic carbocycles. The van der Waals surface area contributed by atoms with E-state index < -0.39 is 6.10 Å². The normalized spacial score (nSPS) is 11.9. The Morgan fingerprint density at radius 2 is 0.329 bits per heavy atom. The van der Waals surface area contributed by atoms with Crippen LogP contribution in [0, 0.1) is 0 Å². The Kier molecular flexibility index (Phi) is 70.5. The topological polar surface area (TPSA) is 78.9 Å². The molecule has 0 amide bonds. The molecule has 0 heterocycles. The molecule has 0 aliphatic heterocycles. The zero-order chi connectivity index (χ0) is 59.2. The molecular weight excluding hydrogens is 1010 g/mol. The average molecular weight is 1160 g/mol. The van der Waals surface area contributed by atoms with Gasteiger partial charge >= 0.3 is 17.9 Å². The first-order chi connectivity index (χ1) is 40.5. The van der Waals surface area contributed by atoms with E-state index in [9.17, 15) is 14.4 Å². The van der Waals surface area contributed by atoms with Crippen LogP contribution in [0.4, 0.5) is 0 Å².